The van der Waals surface area contributed by atoms with Crippen molar-refractivity contribution in [2.24, 2.45) is 0 Å². The molecule has 1 aliphatic rings. The van der Waals surface area contributed by atoms with Gasteiger partial charge in [0.05, 0.1) is 17.3 Å². The van der Waals surface area contributed by atoms with E-state index in [0.29, 0.717) is 26.6 Å². The molecule has 1 N–H and O–H groups in total. The molecule has 0 saturated carbocycles. The highest BCUT2D eigenvalue weighted by atomic mass is 79.9. The zero-order chi connectivity index (χ0) is 18.1. The number of aromatic hydroxyl groups is 1. The van der Waals surface area contributed by atoms with Gasteiger partial charge in [-0.15, -0.1) is 0 Å². The lowest BCUT2D eigenvalue weighted by atomic mass is 10.1. The minimum Gasteiger partial charge on any atom is -0.503 e. The van der Waals surface area contributed by atoms with Crippen molar-refractivity contribution in [3.8, 4) is 11.5 Å². The average molecular weight is 419 g/mol. The van der Waals surface area contributed by atoms with Gasteiger partial charge >= 0.3 is 0 Å². The van der Waals surface area contributed by atoms with Crippen molar-refractivity contribution in [2.45, 2.75) is 0 Å². The quantitative estimate of drug-likeness (QED) is 0.607. The number of anilines is 1. The Morgan fingerprint density at radius 1 is 1.24 bits per heavy atom. The van der Waals surface area contributed by atoms with E-state index in [9.17, 15) is 9.90 Å². The second kappa shape index (κ2) is 6.85. The van der Waals surface area contributed by atoms with Crippen molar-refractivity contribution in [1.29, 1.82) is 0 Å². The van der Waals surface area contributed by atoms with Crippen LogP contribution in [0.25, 0.3) is 6.08 Å². The molecule has 3 rings (SSSR count). The second-order valence-electron chi connectivity index (χ2n) is 5.40. The van der Waals surface area contributed by atoms with E-state index in [-0.39, 0.29) is 11.7 Å². The first-order valence-corrected chi connectivity index (χ1v) is 8.59. The zero-order valence-corrected chi connectivity index (χ0v) is 16.0. The summed E-state index contributed by atoms with van der Waals surface area (Å²) in [6, 6.07) is 12.6. The minimum absolute atomic E-state index is 0.0113. The van der Waals surface area contributed by atoms with Gasteiger partial charge in [0.2, 0.25) is 0 Å². The van der Waals surface area contributed by atoms with Gasteiger partial charge in [-0.1, -0.05) is 18.2 Å². The van der Waals surface area contributed by atoms with Crippen molar-refractivity contribution in [1.82, 2.24) is 4.90 Å². The Morgan fingerprint density at radius 3 is 2.56 bits per heavy atom. The Morgan fingerprint density at radius 2 is 1.92 bits per heavy atom. The number of ether oxygens (including phenoxy) is 1. The summed E-state index contributed by atoms with van der Waals surface area (Å²) in [5, 5.41) is 10.3. The molecule has 2 aromatic carbocycles. The number of nitrogens with zero attached hydrogens (tertiary/aromatic N) is 2. The molecular weight excluding hydrogens is 404 g/mol. The Kier molecular flexibility index (Phi) is 4.78. The number of carbonyl (C=O) groups is 1. The summed E-state index contributed by atoms with van der Waals surface area (Å²) < 4.78 is 5.63. The summed E-state index contributed by atoms with van der Waals surface area (Å²) in [5.41, 5.74) is 1.86. The van der Waals surface area contributed by atoms with Crippen molar-refractivity contribution in [3.05, 3.63) is 58.2 Å². The fraction of sp³-hybridized carbons (Fsp3) is 0.111. The van der Waals surface area contributed by atoms with Crippen LogP contribution in [0, 0.1) is 0 Å². The molecule has 1 fully saturated rings. The molecule has 0 radical (unpaired) electrons. The lowest BCUT2D eigenvalue weighted by molar-refractivity contribution is -0.114. The van der Waals surface area contributed by atoms with Crippen molar-refractivity contribution in [3.63, 3.8) is 0 Å². The molecule has 7 heteroatoms. The topological polar surface area (TPSA) is 53.0 Å². The van der Waals surface area contributed by atoms with Gasteiger partial charge in [-0.2, -0.15) is 0 Å². The number of para-hydroxylation sites is 1. The van der Waals surface area contributed by atoms with Crippen LogP contribution in [0.2, 0.25) is 0 Å². The molecule has 1 aliphatic heterocycles. The highest BCUT2D eigenvalue weighted by Crippen LogP contribution is 2.36. The van der Waals surface area contributed by atoms with Crippen LogP contribution in [0.4, 0.5) is 5.69 Å². The average Bonchev–Trinajstić information content (AvgIpc) is 2.82. The first-order valence-electron chi connectivity index (χ1n) is 7.39. The molecule has 25 heavy (non-hydrogen) atoms. The fourth-order valence-electron chi connectivity index (χ4n) is 2.55. The number of phenolic OH excluding ortho intramolecular Hbond substituents is 1. The van der Waals surface area contributed by atoms with E-state index in [2.05, 4.69) is 15.9 Å². The summed E-state index contributed by atoms with van der Waals surface area (Å²) in [6.07, 6.45) is 1.71. The maximum absolute atomic E-state index is 12.9. The molecular formula is C18H15BrN2O3S. The number of phenols is 1. The number of hydrogen-bond acceptors (Lipinski definition) is 4. The van der Waals surface area contributed by atoms with Crippen LogP contribution in [0.3, 0.4) is 0 Å². The molecule has 0 aromatic heterocycles. The number of rotatable bonds is 3. The van der Waals surface area contributed by atoms with Gasteiger partial charge in [0.1, 0.15) is 5.70 Å². The Bertz CT molecular complexity index is 883. The number of benzene rings is 2. The lowest BCUT2D eigenvalue weighted by Crippen LogP contribution is -2.30. The number of carbonyl (C=O) groups excluding carboxylic acids is 1. The van der Waals surface area contributed by atoms with Gasteiger partial charge in [-0.25, -0.2) is 0 Å². The van der Waals surface area contributed by atoms with Crippen molar-refractivity contribution >= 4 is 50.9 Å². The molecule has 1 saturated heterocycles. The maximum atomic E-state index is 12.9. The highest BCUT2D eigenvalue weighted by Gasteiger charge is 2.36. The van der Waals surface area contributed by atoms with Crippen LogP contribution in [0.1, 0.15) is 5.56 Å². The third kappa shape index (κ3) is 3.12. The van der Waals surface area contributed by atoms with E-state index in [1.165, 1.54) is 12.0 Å². The number of amides is 1. The normalized spacial score (nSPS) is 16.0. The molecule has 128 valence electrons. The fourth-order valence-corrected chi connectivity index (χ4v) is 3.30. The van der Waals surface area contributed by atoms with E-state index >= 15 is 0 Å². The summed E-state index contributed by atoms with van der Waals surface area (Å²) >= 11 is 8.71. The monoisotopic (exact) mass is 418 g/mol. The summed E-state index contributed by atoms with van der Waals surface area (Å²) in [5.74, 6) is 0.121. The summed E-state index contributed by atoms with van der Waals surface area (Å²) in [6.45, 7) is 0. The third-order valence-corrected chi connectivity index (χ3v) is 4.91. The smallest absolute Gasteiger partial charge is 0.281 e. The maximum Gasteiger partial charge on any atom is 0.281 e. The molecule has 0 aliphatic carbocycles. The number of methoxy groups -OCH3 is 1. The van der Waals surface area contributed by atoms with Crippen LogP contribution < -0.4 is 9.64 Å². The molecule has 1 heterocycles. The van der Waals surface area contributed by atoms with E-state index in [0.717, 1.165) is 5.69 Å². The first kappa shape index (κ1) is 17.4. The number of likely N-dealkylation sites (N-methyl/N-ethyl adjacent to an activating group) is 1. The molecule has 0 bridgehead atoms. The number of thiocarbonyl (C=S) groups is 1. The Labute approximate surface area is 159 Å². The van der Waals surface area contributed by atoms with Gasteiger partial charge in [-0.05, 0) is 64.1 Å². The predicted molar refractivity (Wildman–Crippen MR) is 105 cm³/mol. The minimum atomic E-state index is -0.207. The van der Waals surface area contributed by atoms with Crippen molar-refractivity contribution < 1.29 is 14.6 Å². The highest BCUT2D eigenvalue weighted by molar-refractivity contribution is 9.10. The van der Waals surface area contributed by atoms with E-state index in [1.807, 2.05) is 30.3 Å². The molecule has 0 unspecified atom stereocenters. The van der Waals surface area contributed by atoms with E-state index < -0.39 is 0 Å². The molecule has 0 spiro atoms. The summed E-state index contributed by atoms with van der Waals surface area (Å²) in [7, 11) is 3.22. The van der Waals surface area contributed by atoms with Gasteiger partial charge in [0, 0.05) is 7.05 Å². The lowest BCUT2D eigenvalue weighted by Gasteiger charge is -2.16. The van der Waals surface area contributed by atoms with Crippen LogP contribution in [0.15, 0.2) is 52.6 Å². The molecule has 0 atom stereocenters. The van der Waals surface area contributed by atoms with Crippen molar-refractivity contribution in [2.75, 3.05) is 19.1 Å². The van der Waals surface area contributed by atoms with Crippen LogP contribution in [-0.2, 0) is 4.79 Å². The SMILES string of the molecule is COc1cc(C=C2C(=O)N(c3ccccc3)C(=S)N2C)cc(Br)c1O. The van der Waals surface area contributed by atoms with Gasteiger partial charge in [0.25, 0.3) is 5.91 Å². The van der Waals surface area contributed by atoms with Gasteiger partial charge in [-0.3, -0.25) is 9.69 Å². The second-order valence-corrected chi connectivity index (χ2v) is 6.62. The van der Waals surface area contributed by atoms with E-state index in [1.54, 1.807) is 30.2 Å². The van der Waals surface area contributed by atoms with E-state index in [4.69, 9.17) is 17.0 Å². The van der Waals surface area contributed by atoms with Crippen LogP contribution in [-0.4, -0.2) is 35.2 Å². The number of hydrogen-bond donors (Lipinski definition) is 1. The summed E-state index contributed by atoms with van der Waals surface area (Å²) in [4.78, 5) is 16.0. The third-order valence-electron chi connectivity index (χ3n) is 3.85. The number of halogens is 1. The standard InChI is InChI=1S/C18H15BrN2O3S/c1-20-14(9-11-8-13(19)16(22)15(10-11)24-2)17(23)21(18(20)25)12-6-4-3-5-7-12/h3-10,22H,1-2H3. The predicted octanol–water partition coefficient (Wildman–Crippen LogP) is 3.77. The molecule has 1 amide bonds. The molecule has 5 nitrogen and oxygen atoms in total. The Balaban J connectivity index is 2.03. The largest absolute Gasteiger partial charge is 0.503 e. The first-order chi connectivity index (χ1) is 11.9. The molecule has 2 aromatic rings. The zero-order valence-electron chi connectivity index (χ0n) is 13.6. The van der Waals surface area contributed by atoms with Gasteiger partial charge < -0.3 is 14.7 Å². The Hall–Kier alpha value is -2.38. The van der Waals surface area contributed by atoms with Crippen LogP contribution >= 0.6 is 28.1 Å². The van der Waals surface area contributed by atoms with Gasteiger partial charge in [0.15, 0.2) is 16.6 Å². The van der Waals surface area contributed by atoms with Crippen LogP contribution in [0.5, 0.6) is 11.5 Å².